The summed E-state index contributed by atoms with van der Waals surface area (Å²) in [4.78, 5) is 26.6. The predicted octanol–water partition coefficient (Wildman–Crippen LogP) is 4.34. The Bertz CT molecular complexity index is 1640. The highest BCUT2D eigenvalue weighted by atomic mass is 79.9. The topological polar surface area (TPSA) is 84.1 Å². The molecule has 1 heterocycles. The van der Waals surface area contributed by atoms with Gasteiger partial charge in [0.25, 0.3) is 11.5 Å². The van der Waals surface area contributed by atoms with Crippen LogP contribution in [-0.2, 0) is 4.79 Å². The van der Waals surface area contributed by atoms with Crippen LogP contribution in [0.5, 0.6) is 5.75 Å². The summed E-state index contributed by atoms with van der Waals surface area (Å²) in [6.45, 7) is 2.31. The molecule has 36 heavy (non-hydrogen) atoms. The van der Waals surface area contributed by atoms with E-state index in [4.69, 9.17) is 4.74 Å². The summed E-state index contributed by atoms with van der Waals surface area (Å²) >= 11 is 4.47. The molecule has 4 aromatic rings. The normalized spacial score (nSPS) is 12.1. The highest BCUT2D eigenvalue weighted by Gasteiger charge is 2.17. The molecule has 0 aliphatic carbocycles. The predicted molar refractivity (Wildman–Crippen MR) is 142 cm³/mol. The quantitative estimate of drug-likeness (QED) is 0.378. The van der Waals surface area contributed by atoms with Gasteiger partial charge in [0.15, 0.2) is 5.57 Å². The summed E-state index contributed by atoms with van der Waals surface area (Å²) in [6.07, 6.45) is 1.68. The number of hydrogen-bond acceptors (Lipinski definition) is 5. The van der Waals surface area contributed by atoms with Gasteiger partial charge in [0.1, 0.15) is 22.3 Å². The molecule has 1 amide bonds. The lowest BCUT2D eigenvalue weighted by Gasteiger charge is -2.06. The lowest BCUT2D eigenvalue weighted by atomic mass is 10.2. The van der Waals surface area contributed by atoms with Gasteiger partial charge in [-0.2, -0.15) is 5.26 Å². The number of nitrogens with one attached hydrogen (secondary N) is 1. The molecule has 180 valence electrons. The van der Waals surface area contributed by atoms with E-state index in [2.05, 4.69) is 21.2 Å². The average molecular weight is 564 g/mol. The second-order valence-corrected chi connectivity index (χ2v) is 9.40. The largest absolute Gasteiger partial charge is 0.493 e. The number of carbonyl (C=O) groups excluding carboxylic acids is 1. The zero-order valence-electron chi connectivity index (χ0n) is 19.0. The third kappa shape index (κ3) is 5.46. The van der Waals surface area contributed by atoms with Crippen molar-refractivity contribution in [3.05, 3.63) is 108 Å². The fourth-order valence-corrected chi connectivity index (χ4v) is 4.92. The van der Waals surface area contributed by atoms with Gasteiger partial charge in [0.2, 0.25) is 0 Å². The number of para-hydroxylation sites is 1. The zero-order chi connectivity index (χ0) is 25.7. The third-order valence-corrected chi connectivity index (χ3v) is 6.64. The summed E-state index contributed by atoms with van der Waals surface area (Å²) in [5, 5.41) is 12.5. The first-order valence-corrected chi connectivity index (χ1v) is 12.4. The Hall–Kier alpha value is -4.00. The second kappa shape index (κ2) is 11.2. The Kier molecular flexibility index (Phi) is 7.78. The van der Waals surface area contributed by atoms with Gasteiger partial charge in [-0.3, -0.25) is 14.2 Å². The van der Waals surface area contributed by atoms with Gasteiger partial charge in [-0.15, -0.1) is 11.3 Å². The average Bonchev–Trinajstić information content (AvgIpc) is 3.18. The summed E-state index contributed by atoms with van der Waals surface area (Å²) < 4.78 is 21.6. The van der Waals surface area contributed by atoms with Crippen molar-refractivity contribution in [2.45, 2.75) is 6.92 Å². The number of nitrogens with zero attached hydrogens (tertiary/aromatic N) is 2. The van der Waals surface area contributed by atoms with Crippen molar-refractivity contribution in [3.8, 4) is 17.5 Å². The molecule has 9 heteroatoms. The minimum absolute atomic E-state index is 0.174. The summed E-state index contributed by atoms with van der Waals surface area (Å²) in [5.41, 5.74) is 0.873. The number of amides is 1. The molecule has 4 rings (SSSR count). The van der Waals surface area contributed by atoms with E-state index < -0.39 is 11.7 Å². The van der Waals surface area contributed by atoms with Gasteiger partial charge in [-0.05, 0) is 67.6 Å². The van der Waals surface area contributed by atoms with Crippen LogP contribution >= 0.6 is 27.3 Å². The SMILES string of the molecule is CCOc1ccc(Br)cc1C=c1sc(=C(C#N)C(=O)Nc2ccc(F)cc2)n(-c2ccccc2)c1=O. The molecule has 3 aromatic carbocycles. The number of benzene rings is 3. The molecule has 0 radical (unpaired) electrons. The number of halogens is 2. The van der Waals surface area contributed by atoms with E-state index in [-0.39, 0.29) is 15.8 Å². The van der Waals surface area contributed by atoms with E-state index >= 15 is 0 Å². The highest BCUT2D eigenvalue weighted by molar-refractivity contribution is 9.10. The first kappa shape index (κ1) is 25.1. The van der Waals surface area contributed by atoms with Crippen molar-refractivity contribution in [2.75, 3.05) is 11.9 Å². The van der Waals surface area contributed by atoms with Crippen LogP contribution in [0.2, 0.25) is 0 Å². The number of rotatable bonds is 6. The number of hydrogen-bond donors (Lipinski definition) is 1. The Balaban J connectivity index is 1.96. The van der Waals surface area contributed by atoms with Crippen LogP contribution in [0.1, 0.15) is 12.5 Å². The molecule has 0 spiro atoms. The van der Waals surface area contributed by atoms with E-state index in [1.807, 2.05) is 25.1 Å². The first-order chi connectivity index (χ1) is 17.4. The minimum Gasteiger partial charge on any atom is -0.493 e. The van der Waals surface area contributed by atoms with Crippen molar-refractivity contribution in [1.82, 2.24) is 4.57 Å². The van der Waals surface area contributed by atoms with E-state index in [1.54, 1.807) is 42.5 Å². The fraction of sp³-hybridized carbons (Fsp3) is 0.0741. The molecule has 0 saturated carbocycles. The molecule has 0 aliphatic rings. The zero-order valence-corrected chi connectivity index (χ0v) is 21.4. The van der Waals surface area contributed by atoms with Crippen molar-refractivity contribution in [3.63, 3.8) is 0 Å². The molecule has 0 aliphatic heterocycles. The molecule has 0 saturated heterocycles. The van der Waals surface area contributed by atoms with E-state index in [1.165, 1.54) is 28.8 Å². The summed E-state index contributed by atoms with van der Waals surface area (Å²) in [7, 11) is 0. The van der Waals surface area contributed by atoms with Crippen LogP contribution < -0.4 is 24.8 Å². The van der Waals surface area contributed by atoms with Crippen LogP contribution in [0.15, 0.2) is 82.1 Å². The van der Waals surface area contributed by atoms with Gasteiger partial charge in [-0.1, -0.05) is 34.1 Å². The maximum absolute atomic E-state index is 13.6. The Morgan fingerprint density at radius 1 is 1.17 bits per heavy atom. The third-order valence-electron chi connectivity index (χ3n) is 5.05. The molecular formula is C27H19BrFN3O3S. The maximum Gasteiger partial charge on any atom is 0.273 e. The molecule has 0 atom stereocenters. The van der Waals surface area contributed by atoms with Crippen molar-refractivity contribution >= 4 is 50.5 Å². The monoisotopic (exact) mass is 563 g/mol. The lowest BCUT2D eigenvalue weighted by molar-refractivity contribution is -0.111. The number of carbonyl (C=O) groups is 1. The van der Waals surface area contributed by atoms with Gasteiger partial charge in [0.05, 0.1) is 16.8 Å². The minimum atomic E-state index is -0.709. The highest BCUT2D eigenvalue weighted by Crippen LogP contribution is 2.24. The number of ether oxygens (including phenoxy) is 1. The van der Waals surface area contributed by atoms with Crippen LogP contribution in [-0.4, -0.2) is 17.1 Å². The fourth-order valence-electron chi connectivity index (χ4n) is 3.44. The first-order valence-electron chi connectivity index (χ1n) is 10.8. The summed E-state index contributed by atoms with van der Waals surface area (Å²) in [6, 6.07) is 21.4. The number of anilines is 1. The van der Waals surface area contributed by atoms with Crippen molar-refractivity contribution < 1.29 is 13.9 Å². The molecule has 6 nitrogen and oxygen atoms in total. The van der Waals surface area contributed by atoms with Gasteiger partial charge >= 0.3 is 0 Å². The van der Waals surface area contributed by atoms with Gasteiger partial charge in [-0.25, -0.2) is 4.39 Å². The lowest BCUT2D eigenvalue weighted by Crippen LogP contribution is -2.32. The Morgan fingerprint density at radius 2 is 1.89 bits per heavy atom. The van der Waals surface area contributed by atoms with Crippen LogP contribution in [0.25, 0.3) is 17.3 Å². The Labute approximate surface area is 218 Å². The van der Waals surface area contributed by atoms with Crippen LogP contribution in [0.4, 0.5) is 10.1 Å². The van der Waals surface area contributed by atoms with Crippen molar-refractivity contribution in [1.29, 1.82) is 5.26 Å². The molecule has 0 unspecified atom stereocenters. The second-order valence-electron chi connectivity index (χ2n) is 7.45. The number of thiazole rings is 1. The molecular weight excluding hydrogens is 545 g/mol. The van der Waals surface area contributed by atoms with Gasteiger partial charge < -0.3 is 10.1 Å². The number of nitriles is 1. The molecule has 1 aromatic heterocycles. The standard InChI is InChI=1S/C27H19BrFN3O3S/c1-2-35-23-13-8-18(28)14-17(23)15-24-26(34)32(21-6-4-3-5-7-21)27(36-24)22(16-30)25(33)31-20-11-9-19(29)10-12-20/h3-15H,2H2,1H3,(H,31,33). The van der Waals surface area contributed by atoms with Crippen LogP contribution in [0, 0.1) is 17.1 Å². The van der Waals surface area contributed by atoms with Gasteiger partial charge in [0, 0.05) is 15.7 Å². The van der Waals surface area contributed by atoms with E-state index in [0.717, 1.165) is 15.8 Å². The smallest absolute Gasteiger partial charge is 0.273 e. The van der Waals surface area contributed by atoms with Crippen molar-refractivity contribution in [2.24, 2.45) is 0 Å². The maximum atomic E-state index is 13.6. The molecule has 1 N–H and O–H groups in total. The Morgan fingerprint density at radius 3 is 2.56 bits per heavy atom. The molecule has 0 fully saturated rings. The van der Waals surface area contributed by atoms with E-state index in [0.29, 0.717) is 33.8 Å². The number of aromatic nitrogens is 1. The van der Waals surface area contributed by atoms with E-state index in [9.17, 15) is 19.2 Å². The van der Waals surface area contributed by atoms with Crippen LogP contribution in [0.3, 0.4) is 0 Å². The summed E-state index contributed by atoms with van der Waals surface area (Å²) in [5.74, 6) is -0.563. The molecule has 0 bridgehead atoms.